The summed E-state index contributed by atoms with van der Waals surface area (Å²) in [5, 5.41) is 3.23. The summed E-state index contributed by atoms with van der Waals surface area (Å²) in [5.74, 6) is 0.595. The van der Waals surface area contributed by atoms with Gasteiger partial charge in [-0.25, -0.2) is 4.39 Å². The number of benzene rings is 1. The number of halogens is 2. The minimum Gasteiger partial charge on any atom is -0.366 e. The van der Waals surface area contributed by atoms with E-state index in [1.165, 1.54) is 12.1 Å². The lowest BCUT2D eigenvalue weighted by Crippen LogP contribution is -2.23. The first-order valence-corrected chi connectivity index (χ1v) is 6.59. The second-order valence-electron chi connectivity index (χ2n) is 3.83. The van der Waals surface area contributed by atoms with Gasteiger partial charge in [0.05, 0.1) is 0 Å². The number of hydrogen-bond donors (Lipinski definition) is 1. The summed E-state index contributed by atoms with van der Waals surface area (Å²) in [4.78, 5) is 4.19. The van der Waals surface area contributed by atoms with Crippen LogP contribution in [0.4, 0.5) is 4.39 Å². The van der Waals surface area contributed by atoms with Crippen LogP contribution < -0.4 is 5.32 Å². The van der Waals surface area contributed by atoms with Crippen molar-refractivity contribution in [3.05, 3.63) is 57.5 Å². The normalized spacial score (nSPS) is 12.4. The molecule has 0 unspecified atom stereocenters. The highest BCUT2D eigenvalue weighted by Gasteiger charge is 2.01. The quantitative estimate of drug-likeness (QED) is 0.376. The molecule has 2 nitrogen and oxygen atoms in total. The van der Waals surface area contributed by atoms with E-state index in [-0.39, 0.29) is 5.82 Å². The zero-order valence-corrected chi connectivity index (χ0v) is 12.7. The largest absolute Gasteiger partial charge is 0.366 e. The van der Waals surface area contributed by atoms with Crippen LogP contribution in [0.5, 0.6) is 0 Å². The van der Waals surface area contributed by atoms with Gasteiger partial charge in [0.2, 0.25) is 0 Å². The molecule has 0 amide bonds. The molecule has 96 valence electrons. The highest BCUT2D eigenvalue weighted by Crippen LogP contribution is 2.09. The van der Waals surface area contributed by atoms with Crippen molar-refractivity contribution in [1.29, 1.82) is 0 Å². The summed E-state index contributed by atoms with van der Waals surface area (Å²) in [6.45, 7) is 6.42. The Bertz CT molecular complexity index is 475. The number of amidine groups is 1. The van der Waals surface area contributed by atoms with E-state index in [1.807, 2.05) is 13.0 Å². The van der Waals surface area contributed by atoms with Gasteiger partial charge in [-0.2, -0.15) is 0 Å². The van der Waals surface area contributed by atoms with E-state index in [4.69, 9.17) is 0 Å². The number of nitrogens with one attached hydrogen (secondary N) is 1. The number of aliphatic imine (C=N–C) groups is 1. The van der Waals surface area contributed by atoms with E-state index in [2.05, 4.69) is 39.5 Å². The van der Waals surface area contributed by atoms with Crippen molar-refractivity contribution in [2.24, 2.45) is 4.99 Å². The summed E-state index contributed by atoms with van der Waals surface area (Å²) in [5.41, 5.74) is 2.04. The third kappa shape index (κ3) is 5.00. The fourth-order valence-electron chi connectivity index (χ4n) is 1.49. The van der Waals surface area contributed by atoms with Gasteiger partial charge in [0.15, 0.2) is 0 Å². The second kappa shape index (κ2) is 7.31. The lowest BCUT2D eigenvalue weighted by atomic mass is 10.2. The molecule has 0 spiro atoms. The molecule has 0 aliphatic rings. The van der Waals surface area contributed by atoms with Gasteiger partial charge >= 0.3 is 0 Å². The van der Waals surface area contributed by atoms with E-state index >= 15 is 0 Å². The Kier molecular flexibility index (Phi) is 6.04. The molecule has 1 aromatic carbocycles. The number of nitrogens with zero attached hydrogens (tertiary/aromatic N) is 1. The molecular weight excluding hydrogens is 342 g/mol. The molecule has 1 rings (SSSR count). The zero-order valence-electron chi connectivity index (χ0n) is 10.5. The Balaban J connectivity index is 2.66. The highest BCUT2D eigenvalue weighted by molar-refractivity contribution is 14.1. The Morgan fingerprint density at radius 1 is 1.44 bits per heavy atom. The summed E-state index contributed by atoms with van der Waals surface area (Å²) >= 11 is 2.16. The van der Waals surface area contributed by atoms with Gasteiger partial charge in [0.1, 0.15) is 11.7 Å². The molecule has 4 heteroatoms. The van der Waals surface area contributed by atoms with Gasteiger partial charge < -0.3 is 5.32 Å². The fraction of sp³-hybridized carbons (Fsp3) is 0.214. The first-order chi connectivity index (χ1) is 8.52. The lowest BCUT2D eigenvalue weighted by molar-refractivity contribution is 0.626. The Morgan fingerprint density at radius 2 is 2.06 bits per heavy atom. The third-order valence-corrected chi connectivity index (χ3v) is 2.65. The molecule has 0 aliphatic heterocycles. The molecule has 0 bridgehead atoms. The van der Waals surface area contributed by atoms with Crippen molar-refractivity contribution in [2.75, 3.05) is 7.05 Å². The van der Waals surface area contributed by atoms with Crippen molar-refractivity contribution >= 4 is 28.4 Å². The van der Waals surface area contributed by atoms with Gasteiger partial charge in [-0.1, -0.05) is 18.7 Å². The predicted molar refractivity (Wildman–Crippen MR) is 83.5 cm³/mol. The summed E-state index contributed by atoms with van der Waals surface area (Å²) < 4.78 is 13.7. The number of hydrogen-bond acceptors (Lipinski definition) is 1. The maximum atomic E-state index is 12.8. The molecule has 0 aromatic heterocycles. The Labute approximate surface area is 121 Å². The average molecular weight is 358 g/mol. The number of rotatable bonds is 4. The molecule has 18 heavy (non-hydrogen) atoms. The molecule has 0 saturated heterocycles. The van der Waals surface area contributed by atoms with Crippen LogP contribution in [0.25, 0.3) is 0 Å². The van der Waals surface area contributed by atoms with Gasteiger partial charge in [0.25, 0.3) is 0 Å². The minimum absolute atomic E-state index is 0.222. The van der Waals surface area contributed by atoms with Gasteiger partial charge in [-0.05, 0) is 58.9 Å². The van der Waals surface area contributed by atoms with Crippen LogP contribution in [-0.2, 0) is 6.54 Å². The molecule has 0 aliphatic carbocycles. The number of allylic oxidation sites excluding steroid dienone is 2. The molecule has 1 N–H and O–H groups in total. The molecule has 0 saturated carbocycles. The van der Waals surface area contributed by atoms with Crippen LogP contribution in [0.3, 0.4) is 0 Å². The monoisotopic (exact) mass is 358 g/mol. The van der Waals surface area contributed by atoms with E-state index < -0.39 is 0 Å². The molecule has 0 atom stereocenters. The maximum absolute atomic E-state index is 12.8. The van der Waals surface area contributed by atoms with Crippen molar-refractivity contribution < 1.29 is 4.39 Å². The van der Waals surface area contributed by atoms with Gasteiger partial charge in [-0.3, -0.25) is 4.99 Å². The van der Waals surface area contributed by atoms with Crippen LogP contribution in [0.2, 0.25) is 0 Å². The molecule has 0 heterocycles. The van der Waals surface area contributed by atoms with E-state index in [0.29, 0.717) is 6.54 Å². The first kappa shape index (κ1) is 14.9. The third-order valence-electron chi connectivity index (χ3n) is 2.34. The Hall–Kier alpha value is -1.17. The van der Waals surface area contributed by atoms with Crippen molar-refractivity contribution in [3.63, 3.8) is 0 Å². The maximum Gasteiger partial charge on any atom is 0.123 e. The molecule has 1 aromatic rings. The first-order valence-electron chi connectivity index (χ1n) is 5.51. The van der Waals surface area contributed by atoms with Crippen LogP contribution >= 0.6 is 22.6 Å². The van der Waals surface area contributed by atoms with Gasteiger partial charge in [0, 0.05) is 17.2 Å². The Morgan fingerprint density at radius 3 is 2.56 bits per heavy atom. The molecule has 0 fully saturated rings. The van der Waals surface area contributed by atoms with Crippen molar-refractivity contribution in [2.45, 2.75) is 13.5 Å². The van der Waals surface area contributed by atoms with E-state index in [0.717, 1.165) is 20.6 Å². The second-order valence-corrected chi connectivity index (χ2v) is 5.21. The SMILES string of the molecule is C=C(I)/C=C(C)/C(=N\C)NCc1ccc(F)cc1. The smallest absolute Gasteiger partial charge is 0.123 e. The fourth-order valence-corrected chi connectivity index (χ4v) is 1.95. The molecular formula is C14H16FIN2. The average Bonchev–Trinajstić information content (AvgIpc) is 2.31. The highest BCUT2D eigenvalue weighted by atomic mass is 127. The van der Waals surface area contributed by atoms with Crippen molar-refractivity contribution in [1.82, 2.24) is 5.32 Å². The summed E-state index contributed by atoms with van der Waals surface area (Å²) in [6.07, 6.45) is 1.96. The topological polar surface area (TPSA) is 24.4 Å². The minimum atomic E-state index is -0.222. The zero-order chi connectivity index (χ0) is 13.5. The predicted octanol–water partition coefficient (Wildman–Crippen LogP) is 3.84. The van der Waals surface area contributed by atoms with Crippen molar-refractivity contribution in [3.8, 4) is 0 Å². The van der Waals surface area contributed by atoms with E-state index in [1.54, 1.807) is 19.2 Å². The van der Waals surface area contributed by atoms with Gasteiger partial charge in [-0.15, -0.1) is 0 Å². The van der Waals surface area contributed by atoms with Crippen LogP contribution in [0.15, 0.2) is 51.1 Å². The standard InChI is InChI=1S/C14H16FIN2/c1-10(8-11(2)16)14(17-3)18-9-12-4-6-13(15)7-5-12/h4-8H,2,9H2,1,3H3,(H,17,18)/b10-8+. The molecule has 0 radical (unpaired) electrons. The van der Waals surface area contributed by atoms with E-state index in [9.17, 15) is 4.39 Å². The lowest BCUT2D eigenvalue weighted by Gasteiger charge is -2.10. The summed E-state index contributed by atoms with van der Waals surface area (Å²) in [6, 6.07) is 6.42. The van der Waals surface area contributed by atoms with Crippen LogP contribution in [-0.4, -0.2) is 12.9 Å². The summed E-state index contributed by atoms with van der Waals surface area (Å²) in [7, 11) is 1.74. The van der Waals surface area contributed by atoms with Crippen LogP contribution in [0.1, 0.15) is 12.5 Å². The van der Waals surface area contributed by atoms with Crippen LogP contribution in [0, 0.1) is 5.82 Å².